The zero-order valence-electron chi connectivity index (χ0n) is 14.0. The van der Waals surface area contributed by atoms with Gasteiger partial charge in [-0.05, 0) is 31.2 Å². The molecule has 134 valence electrons. The second-order valence-corrected chi connectivity index (χ2v) is 8.91. The minimum atomic E-state index is -2.92. The number of thioether (sulfide) groups is 1. The Bertz CT molecular complexity index is 777. The standard InChI is InChI=1S/C18H20O5S2/c1-3-23-18(19)13-9-10-15-16(17(13)22-2)14(11-25(15,20)21)24-12-7-5-4-6-8-12/h4-10,14,20-21H,3,11H2,1-2H3. The van der Waals surface area contributed by atoms with Crippen LogP contribution in [0.1, 0.15) is 28.1 Å². The first kappa shape index (κ1) is 18.1. The van der Waals surface area contributed by atoms with Crippen LogP contribution in [0.4, 0.5) is 0 Å². The van der Waals surface area contributed by atoms with Crippen molar-refractivity contribution in [3.05, 3.63) is 53.6 Å². The Morgan fingerprint density at radius 1 is 1.24 bits per heavy atom. The molecule has 2 aromatic rings. The van der Waals surface area contributed by atoms with Crippen LogP contribution in [0.15, 0.2) is 52.3 Å². The number of fused-ring (bicyclic) bond motifs is 1. The molecule has 0 spiro atoms. The quantitative estimate of drug-likeness (QED) is 0.724. The molecule has 0 aromatic heterocycles. The van der Waals surface area contributed by atoms with Crippen molar-refractivity contribution in [1.29, 1.82) is 0 Å². The van der Waals surface area contributed by atoms with E-state index in [-0.39, 0.29) is 17.6 Å². The number of carbonyl (C=O) groups is 1. The highest BCUT2D eigenvalue weighted by Gasteiger charge is 2.40. The molecule has 1 atom stereocenters. The molecule has 1 aliphatic rings. The summed E-state index contributed by atoms with van der Waals surface area (Å²) in [6.45, 7) is 2.00. The van der Waals surface area contributed by atoms with E-state index in [2.05, 4.69) is 0 Å². The summed E-state index contributed by atoms with van der Waals surface area (Å²) < 4.78 is 31.6. The van der Waals surface area contributed by atoms with Crippen LogP contribution in [0, 0.1) is 0 Å². The highest BCUT2D eigenvalue weighted by atomic mass is 32.3. The Balaban J connectivity index is 2.07. The van der Waals surface area contributed by atoms with Crippen LogP contribution >= 0.6 is 22.4 Å². The van der Waals surface area contributed by atoms with Crippen LogP contribution in [-0.2, 0) is 4.74 Å². The SMILES string of the molecule is CCOC(=O)c1ccc2c(c1OC)C(Sc1ccccc1)CS2(O)O. The number of carbonyl (C=O) groups excluding carboxylic acids is 1. The van der Waals surface area contributed by atoms with E-state index >= 15 is 0 Å². The van der Waals surface area contributed by atoms with Gasteiger partial charge in [-0.25, -0.2) is 4.79 Å². The first-order chi connectivity index (χ1) is 12.0. The normalized spacial score (nSPS) is 19.1. The van der Waals surface area contributed by atoms with Crippen LogP contribution in [-0.4, -0.2) is 34.5 Å². The largest absolute Gasteiger partial charge is 0.495 e. The van der Waals surface area contributed by atoms with E-state index in [0.717, 1.165) is 4.90 Å². The molecule has 0 amide bonds. The number of benzene rings is 2. The lowest BCUT2D eigenvalue weighted by atomic mass is 10.1. The van der Waals surface area contributed by atoms with Crippen molar-refractivity contribution >= 4 is 28.3 Å². The van der Waals surface area contributed by atoms with E-state index < -0.39 is 16.6 Å². The number of ether oxygens (including phenoxy) is 2. The van der Waals surface area contributed by atoms with Gasteiger partial charge in [-0.2, -0.15) is 10.6 Å². The van der Waals surface area contributed by atoms with E-state index in [1.807, 2.05) is 30.3 Å². The molecule has 1 aliphatic heterocycles. The summed E-state index contributed by atoms with van der Waals surface area (Å²) in [6.07, 6.45) is 0. The summed E-state index contributed by atoms with van der Waals surface area (Å²) in [5, 5.41) is -0.216. The minimum Gasteiger partial charge on any atom is -0.495 e. The molecule has 5 nitrogen and oxygen atoms in total. The molecule has 0 bridgehead atoms. The summed E-state index contributed by atoms with van der Waals surface area (Å²) in [5.41, 5.74) is 0.973. The third-order valence-corrected chi connectivity index (χ3v) is 7.24. The van der Waals surface area contributed by atoms with Crippen molar-refractivity contribution in [3.8, 4) is 5.75 Å². The minimum absolute atomic E-state index is 0.199. The van der Waals surface area contributed by atoms with Crippen molar-refractivity contribution in [2.24, 2.45) is 0 Å². The number of hydrogen-bond acceptors (Lipinski definition) is 6. The van der Waals surface area contributed by atoms with Crippen molar-refractivity contribution in [1.82, 2.24) is 0 Å². The summed E-state index contributed by atoms with van der Waals surface area (Å²) in [5.74, 6) is 0.0840. The van der Waals surface area contributed by atoms with Gasteiger partial charge < -0.3 is 9.47 Å². The van der Waals surface area contributed by atoms with Gasteiger partial charge in [-0.3, -0.25) is 9.11 Å². The highest BCUT2D eigenvalue weighted by molar-refractivity contribution is 8.25. The molecule has 2 N–H and O–H groups in total. The van der Waals surface area contributed by atoms with Crippen LogP contribution in [0.3, 0.4) is 0 Å². The van der Waals surface area contributed by atoms with Gasteiger partial charge in [0.15, 0.2) is 0 Å². The number of methoxy groups -OCH3 is 1. The van der Waals surface area contributed by atoms with E-state index in [1.165, 1.54) is 18.9 Å². The van der Waals surface area contributed by atoms with E-state index in [9.17, 15) is 13.9 Å². The Morgan fingerprint density at radius 3 is 2.60 bits per heavy atom. The Labute approximate surface area is 152 Å². The maximum atomic E-state index is 12.2. The van der Waals surface area contributed by atoms with E-state index in [4.69, 9.17) is 9.47 Å². The molecule has 0 saturated heterocycles. The summed E-state index contributed by atoms with van der Waals surface area (Å²) in [6, 6.07) is 12.9. The maximum absolute atomic E-state index is 12.2. The summed E-state index contributed by atoms with van der Waals surface area (Å²) in [7, 11) is -1.44. The first-order valence-electron chi connectivity index (χ1n) is 7.83. The summed E-state index contributed by atoms with van der Waals surface area (Å²) >= 11 is 1.53. The van der Waals surface area contributed by atoms with Crippen LogP contribution in [0.5, 0.6) is 5.75 Å². The topological polar surface area (TPSA) is 76.0 Å². The average molecular weight is 380 g/mol. The number of hydrogen-bond donors (Lipinski definition) is 2. The first-order valence-corrected chi connectivity index (χ1v) is 10.4. The smallest absolute Gasteiger partial charge is 0.341 e. The second-order valence-electron chi connectivity index (χ2n) is 5.53. The Morgan fingerprint density at radius 2 is 1.96 bits per heavy atom. The fraction of sp³-hybridized carbons (Fsp3) is 0.278. The highest BCUT2D eigenvalue weighted by Crippen LogP contribution is 2.65. The van der Waals surface area contributed by atoms with Crippen LogP contribution in [0.25, 0.3) is 0 Å². The monoisotopic (exact) mass is 380 g/mol. The van der Waals surface area contributed by atoms with E-state index in [0.29, 0.717) is 21.8 Å². The fourth-order valence-corrected chi connectivity index (χ4v) is 6.45. The molecule has 25 heavy (non-hydrogen) atoms. The Hall–Kier alpha value is -1.67. The molecule has 0 aliphatic carbocycles. The average Bonchev–Trinajstić information content (AvgIpc) is 2.85. The van der Waals surface area contributed by atoms with Gasteiger partial charge in [0.1, 0.15) is 11.3 Å². The fourth-order valence-electron chi connectivity index (χ4n) is 2.90. The predicted octanol–water partition coefficient (Wildman–Crippen LogP) is 4.83. The van der Waals surface area contributed by atoms with Gasteiger partial charge in [-0.15, -0.1) is 11.8 Å². The van der Waals surface area contributed by atoms with Crippen molar-refractivity contribution in [2.75, 3.05) is 19.5 Å². The van der Waals surface area contributed by atoms with Gasteiger partial charge in [0.2, 0.25) is 0 Å². The maximum Gasteiger partial charge on any atom is 0.341 e. The molecular formula is C18H20O5S2. The predicted molar refractivity (Wildman–Crippen MR) is 100.0 cm³/mol. The molecule has 1 unspecified atom stereocenters. The Kier molecular flexibility index (Phi) is 5.29. The lowest BCUT2D eigenvalue weighted by molar-refractivity contribution is 0.0522. The van der Waals surface area contributed by atoms with Gasteiger partial charge in [-0.1, -0.05) is 18.2 Å². The molecular weight excluding hydrogens is 360 g/mol. The van der Waals surface area contributed by atoms with Gasteiger partial charge in [0.05, 0.1) is 29.6 Å². The number of esters is 1. The zero-order valence-corrected chi connectivity index (χ0v) is 15.6. The molecule has 0 saturated carbocycles. The van der Waals surface area contributed by atoms with E-state index in [1.54, 1.807) is 19.1 Å². The third kappa shape index (κ3) is 3.50. The summed E-state index contributed by atoms with van der Waals surface area (Å²) in [4.78, 5) is 13.7. The molecule has 0 fully saturated rings. The van der Waals surface area contributed by atoms with Crippen molar-refractivity contribution in [3.63, 3.8) is 0 Å². The van der Waals surface area contributed by atoms with Crippen molar-refractivity contribution < 1.29 is 23.4 Å². The van der Waals surface area contributed by atoms with Crippen molar-refractivity contribution in [2.45, 2.75) is 22.0 Å². The zero-order chi connectivity index (χ0) is 18.0. The second kappa shape index (κ2) is 7.29. The van der Waals surface area contributed by atoms with Gasteiger partial charge >= 0.3 is 5.97 Å². The van der Waals surface area contributed by atoms with Crippen LogP contribution in [0.2, 0.25) is 0 Å². The lowest BCUT2D eigenvalue weighted by Crippen LogP contribution is -2.09. The number of rotatable bonds is 5. The molecule has 1 heterocycles. The van der Waals surface area contributed by atoms with Gasteiger partial charge in [0, 0.05) is 10.5 Å². The van der Waals surface area contributed by atoms with Crippen LogP contribution < -0.4 is 4.74 Å². The van der Waals surface area contributed by atoms with Gasteiger partial charge in [0.25, 0.3) is 0 Å². The lowest BCUT2D eigenvalue weighted by Gasteiger charge is -2.27. The third-order valence-electron chi connectivity index (χ3n) is 3.94. The molecule has 0 radical (unpaired) electrons. The molecule has 2 aromatic carbocycles. The molecule has 3 rings (SSSR count). The molecule has 7 heteroatoms.